The number of fused-ring (bicyclic) bond motifs is 1. The topological polar surface area (TPSA) is 73.7 Å². The maximum absolute atomic E-state index is 12.5. The maximum atomic E-state index is 12.5. The molecule has 126 valence electrons. The molecule has 0 unspecified atom stereocenters. The van der Waals surface area contributed by atoms with E-state index in [9.17, 15) is 14.7 Å². The summed E-state index contributed by atoms with van der Waals surface area (Å²) in [5.41, 5.74) is 1.71. The van der Waals surface area contributed by atoms with Crippen LogP contribution >= 0.6 is 11.6 Å². The Labute approximate surface area is 144 Å². The molecule has 0 bridgehead atoms. The van der Waals surface area contributed by atoms with Crippen molar-refractivity contribution in [2.75, 3.05) is 6.54 Å². The zero-order valence-corrected chi connectivity index (χ0v) is 14.2. The molecule has 1 N–H and O–H groups in total. The average Bonchev–Trinajstić information content (AvgIpc) is 2.52. The van der Waals surface area contributed by atoms with Crippen LogP contribution in [0.15, 0.2) is 30.5 Å². The fourth-order valence-corrected chi connectivity index (χ4v) is 3.45. The van der Waals surface area contributed by atoms with E-state index in [1.54, 1.807) is 24.1 Å². The Hall–Kier alpha value is -2.34. The number of carbonyl (C=O) groups is 2. The standard InChI is InChI=1S/C17H18ClN3O3/c1-10-8-20(16(22)11(2)21(10)17(23)24)9-12-3-4-13-14(18)5-6-19-15(13)7-12/h3-7,10-11H,8-9H2,1-2H3,(H,23,24)/t10-,11+/m1/s1. The largest absolute Gasteiger partial charge is 0.465 e. The molecule has 2 amide bonds. The number of hydrogen-bond donors (Lipinski definition) is 1. The predicted octanol–water partition coefficient (Wildman–Crippen LogP) is 2.99. The molecule has 0 radical (unpaired) electrons. The van der Waals surface area contributed by atoms with Crippen LogP contribution in [0, 0.1) is 0 Å². The lowest BCUT2D eigenvalue weighted by Gasteiger charge is -2.42. The fraction of sp³-hybridized carbons (Fsp3) is 0.353. The Morgan fingerprint density at radius 1 is 1.38 bits per heavy atom. The highest BCUT2D eigenvalue weighted by Crippen LogP contribution is 2.24. The van der Waals surface area contributed by atoms with E-state index in [-0.39, 0.29) is 11.9 Å². The van der Waals surface area contributed by atoms with Crippen LogP contribution < -0.4 is 0 Å². The van der Waals surface area contributed by atoms with Crippen molar-refractivity contribution in [3.05, 3.63) is 41.0 Å². The van der Waals surface area contributed by atoms with Crippen LogP contribution in [-0.2, 0) is 11.3 Å². The second-order valence-corrected chi connectivity index (χ2v) is 6.49. The molecule has 1 aromatic carbocycles. The zero-order valence-electron chi connectivity index (χ0n) is 13.4. The van der Waals surface area contributed by atoms with Gasteiger partial charge in [0, 0.05) is 24.7 Å². The minimum atomic E-state index is -1.06. The predicted molar refractivity (Wildman–Crippen MR) is 91.0 cm³/mol. The molecule has 7 heteroatoms. The number of pyridine rings is 1. The van der Waals surface area contributed by atoms with E-state index in [0.29, 0.717) is 18.1 Å². The highest BCUT2D eigenvalue weighted by molar-refractivity contribution is 6.35. The number of piperazine rings is 1. The van der Waals surface area contributed by atoms with E-state index in [1.807, 2.05) is 25.1 Å². The third-order valence-corrected chi connectivity index (χ3v) is 4.72. The molecule has 24 heavy (non-hydrogen) atoms. The highest BCUT2D eigenvalue weighted by atomic mass is 35.5. The second kappa shape index (κ2) is 6.28. The molecule has 6 nitrogen and oxygen atoms in total. The summed E-state index contributed by atoms with van der Waals surface area (Å²) in [4.78, 5) is 31.0. The van der Waals surface area contributed by atoms with E-state index >= 15 is 0 Å². The van der Waals surface area contributed by atoms with Gasteiger partial charge in [0.1, 0.15) is 6.04 Å². The van der Waals surface area contributed by atoms with Crippen molar-refractivity contribution in [2.45, 2.75) is 32.5 Å². The molecule has 2 atom stereocenters. The average molecular weight is 348 g/mol. The molecule has 1 aliphatic heterocycles. The number of rotatable bonds is 2. The summed E-state index contributed by atoms with van der Waals surface area (Å²) in [6.45, 7) is 4.23. The molecular weight excluding hydrogens is 330 g/mol. The quantitative estimate of drug-likeness (QED) is 0.906. The van der Waals surface area contributed by atoms with Gasteiger partial charge in [-0.25, -0.2) is 4.79 Å². The molecule has 3 rings (SSSR count). The summed E-state index contributed by atoms with van der Waals surface area (Å²) < 4.78 is 0. The molecule has 0 saturated carbocycles. The first-order chi connectivity index (χ1) is 11.4. The van der Waals surface area contributed by atoms with Crippen molar-refractivity contribution in [1.82, 2.24) is 14.8 Å². The van der Waals surface area contributed by atoms with Gasteiger partial charge in [-0.05, 0) is 31.5 Å². The second-order valence-electron chi connectivity index (χ2n) is 6.08. The summed E-state index contributed by atoms with van der Waals surface area (Å²) in [7, 11) is 0. The van der Waals surface area contributed by atoms with Crippen LogP contribution in [0.5, 0.6) is 0 Å². The lowest BCUT2D eigenvalue weighted by molar-refractivity contribution is -0.143. The van der Waals surface area contributed by atoms with Gasteiger partial charge in [-0.1, -0.05) is 23.7 Å². The normalized spacial score (nSPS) is 21.4. The number of benzene rings is 1. The zero-order chi connectivity index (χ0) is 17.4. The van der Waals surface area contributed by atoms with Gasteiger partial charge in [0.15, 0.2) is 0 Å². The van der Waals surface area contributed by atoms with Crippen molar-refractivity contribution in [3.63, 3.8) is 0 Å². The van der Waals surface area contributed by atoms with Gasteiger partial charge in [0.2, 0.25) is 5.91 Å². The molecule has 1 aromatic heterocycles. The van der Waals surface area contributed by atoms with E-state index in [1.165, 1.54) is 4.90 Å². The Kier molecular flexibility index (Phi) is 4.32. The number of halogens is 1. The third kappa shape index (κ3) is 2.89. The minimum Gasteiger partial charge on any atom is -0.465 e. The first-order valence-corrected chi connectivity index (χ1v) is 8.09. The summed E-state index contributed by atoms with van der Waals surface area (Å²) in [5, 5.41) is 10.8. The Balaban J connectivity index is 1.83. The van der Waals surface area contributed by atoms with Crippen molar-refractivity contribution in [3.8, 4) is 0 Å². The lowest BCUT2D eigenvalue weighted by Crippen LogP contribution is -2.61. The summed E-state index contributed by atoms with van der Waals surface area (Å²) in [6.07, 6.45) is 0.586. The third-order valence-electron chi connectivity index (χ3n) is 4.39. The van der Waals surface area contributed by atoms with Crippen molar-refractivity contribution < 1.29 is 14.7 Å². The van der Waals surface area contributed by atoms with Gasteiger partial charge < -0.3 is 10.0 Å². The van der Waals surface area contributed by atoms with Crippen LogP contribution in [0.25, 0.3) is 10.9 Å². The van der Waals surface area contributed by atoms with Gasteiger partial charge in [-0.15, -0.1) is 0 Å². The van der Waals surface area contributed by atoms with Crippen LogP contribution in [0.2, 0.25) is 5.02 Å². The fourth-order valence-electron chi connectivity index (χ4n) is 3.24. The van der Waals surface area contributed by atoms with Gasteiger partial charge in [0.25, 0.3) is 0 Å². The lowest BCUT2D eigenvalue weighted by atomic mass is 10.1. The molecule has 2 aromatic rings. The van der Waals surface area contributed by atoms with E-state index in [2.05, 4.69) is 4.98 Å². The van der Waals surface area contributed by atoms with Crippen molar-refractivity contribution in [2.24, 2.45) is 0 Å². The Morgan fingerprint density at radius 3 is 2.83 bits per heavy atom. The monoisotopic (exact) mass is 347 g/mol. The number of aromatic nitrogens is 1. The molecule has 0 aliphatic carbocycles. The van der Waals surface area contributed by atoms with Gasteiger partial charge in [0.05, 0.1) is 16.6 Å². The molecule has 1 fully saturated rings. The van der Waals surface area contributed by atoms with Crippen molar-refractivity contribution >= 4 is 34.5 Å². The minimum absolute atomic E-state index is 0.186. The van der Waals surface area contributed by atoms with Gasteiger partial charge in [-0.2, -0.15) is 0 Å². The van der Waals surface area contributed by atoms with Crippen molar-refractivity contribution in [1.29, 1.82) is 0 Å². The Morgan fingerprint density at radius 2 is 2.12 bits per heavy atom. The van der Waals surface area contributed by atoms with Crippen LogP contribution in [0.1, 0.15) is 19.4 Å². The smallest absolute Gasteiger partial charge is 0.408 e. The van der Waals surface area contributed by atoms with Gasteiger partial charge >= 0.3 is 6.09 Å². The number of carbonyl (C=O) groups excluding carboxylic acids is 1. The molecule has 1 saturated heterocycles. The van der Waals surface area contributed by atoms with Crippen LogP contribution in [0.4, 0.5) is 4.79 Å². The summed E-state index contributed by atoms with van der Waals surface area (Å²) >= 11 is 6.14. The van der Waals surface area contributed by atoms with E-state index in [4.69, 9.17) is 11.6 Å². The maximum Gasteiger partial charge on any atom is 0.408 e. The number of nitrogens with zero attached hydrogens (tertiary/aromatic N) is 3. The van der Waals surface area contributed by atoms with Crippen LogP contribution in [-0.4, -0.2) is 50.5 Å². The number of amides is 2. The SMILES string of the molecule is C[C@@H]1CN(Cc2ccc3c(Cl)ccnc3c2)C(=O)[C@H](C)N1C(=O)O. The molecule has 2 heterocycles. The van der Waals surface area contributed by atoms with Gasteiger partial charge in [-0.3, -0.25) is 14.7 Å². The molecular formula is C17H18ClN3O3. The van der Waals surface area contributed by atoms with E-state index in [0.717, 1.165) is 16.5 Å². The van der Waals surface area contributed by atoms with E-state index < -0.39 is 12.1 Å². The summed E-state index contributed by atoms with van der Waals surface area (Å²) in [5.74, 6) is -0.186. The number of carboxylic acid groups (broad SMARTS) is 1. The summed E-state index contributed by atoms with van der Waals surface area (Å²) in [6, 6.07) is 6.53. The number of hydrogen-bond acceptors (Lipinski definition) is 3. The highest BCUT2D eigenvalue weighted by Gasteiger charge is 2.38. The first-order valence-electron chi connectivity index (χ1n) is 7.71. The molecule has 0 spiro atoms. The Bertz CT molecular complexity index is 811. The molecule has 1 aliphatic rings. The van der Waals surface area contributed by atoms with Crippen LogP contribution in [0.3, 0.4) is 0 Å². The first kappa shape index (κ1) is 16.5.